The van der Waals surface area contributed by atoms with E-state index in [1.807, 2.05) is 0 Å². The normalized spacial score (nSPS) is 10.9. The summed E-state index contributed by atoms with van der Waals surface area (Å²) in [5.74, 6) is -0.0415. The Labute approximate surface area is 172 Å². The number of nitrogens with zero attached hydrogens (tertiary/aromatic N) is 2. The van der Waals surface area contributed by atoms with Crippen molar-refractivity contribution >= 4 is 28.4 Å². The lowest BCUT2D eigenvalue weighted by atomic mass is 10.2. The number of anilines is 2. The van der Waals surface area contributed by atoms with Gasteiger partial charge >= 0.3 is 5.97 Å². The third-order valence-electron chi connectivity index (χ3n) is 4.71. The average Bonchev–Trinajstić information content (AvgIpc) is 3.02. The Morgan fingerprint density at radius 1 is 1.13 bits per heavy atom. The largest absolute Gasteiger partial charge is 0.494 e. The quantitative estimate of drug-likeness (QED) is 0.449. The minimum absolute atomic E-state index is 0.0630. The second kappa shape index (κ2) is 8.24. The summed E-state index contributed by atoms with van der Waals surface area (Å²) >= 11 is 0. The van der Waals surface area contributed by atoms with Gasteiger partial charge in [0, 0.05) is 11.9 Å². The van der Waals surface area contributed by atoms with E-state index in [0.29, 0.717) is 41.1 Å². The van der Waals surface area contributed by atoms with Gasteiger partial charge in [0.15, 0.2) is 0 Å². The maximum atomic E-state index is 13.3. The second-order valence-corrected chi connectivity index (χ2v) is 6.71. The van der Waals surface area contributed by atoms with Gasteiger partial charge in [-0.2, -0.15) is 0 Å². The number of benzene rings is 2. The minimum atomic E-state index is -0.381. The maximum Gasteiger partial charge on any atom is 0.338 e. The van der Waals surface area contributed by atoms with Crippen molar-refractivity contribution in [3.05, 3.63) is 83.8 Å². The van der Waals surface area contributed by atoms with Crippen LogP contribution in [0.4, 0.5) is 15.9 Å². The molecule has 0 unspecified atom stereocenters. The van der Waals surface area contributed by atoms with Crippen LogP contribution in [0.15, 0.2) is 66.9 Å². The molecular weight excluding hydrogens is 385 g/mol. The number of nitrogens with one attached hydrogen (secondary N) is 1. The molecule has 2 aromatic carbocycles. The van der Waals surface area contributed by atoms with E-state index in [4.69, 9.17) is 4.74 Å². The number of esters is 1. The number of rotatable bonds is 6. The van der Waals surface area contributed by atoms with Gasteiger partial charge in [-0.25, -0.2) is 9.18 Å². The number of pyridine rings is 1. The van der Waals surface area contributed by atoms with E-state index >= 15 is 0 Å². The smallest absolute Gasteiger partial charge is 0.338 e. The molecule has 0 bridgehead atoms. The zero-order valence-electron chi connectivity index (χ0n) is 16.3. The van der Waals surface area contributed by atoms with Crippen LogP contribution in [-0.4, -0.2) is 27.2 Å². The Kier molecular flexibility index (Phi) is 5.34. The number of hydrogen-bond donors (Lipinski definition) is 2. The van der Waals surface area contributed by atoms with E-state index in [1.54, 1.807) is 66.2 Å². The zero-order chi connectivity index (χ0) is 21.1. The van der Waals surface area contributed by atoms with Crippen LogP contribution in [0.2, 0.25) is 0 Å². The lowest BCUT2D eigenvalue weighted by Gasteiger charge is -2.13. The molecule has 0 spiro atoms. The SMILES string of the molecule is CCOC(=O)c1ccc(Nc2c3ncccc3c(O)n2Cc2ccc(F)cc2)cc1. The molecule has 7 heteroatoms. The van der Waals surface area contributed by atoms with Crippen LogP contribution < -0.4 is 5.32 Å². The van der Waals surface area contributed by atoms with Gasteiger partial charge in [0.2, 0.25) is 5.88 Å². The standard InChI is InChI=1S/C23H20FN3O3/c1-2-30-23(29)16-7-11-18(12-8-16)26-21-20-19(4-3-13-25-20)22(28)27(21)14-15-5-9-17(24)10-6-15/h3-13,26,28H,2,14H2,1H3. The van der Waals surface area contributed by atoms with Crippen LogP contribution in [0, 0.1) is 5.82 Å². The molecule has 152 valence electrons. The number of ether oxygens (including phenoxy) is 1. The molecule has 0 aliphatic rings. The molecule has 0 radical (unpaired) electrons. The number of hydrogen-bond acceptors (Lipinski definition) is 5. The molecule has 0 aliphatic carbocycles. The number of carbonyl (C=O) groups excluding carboxylic acids is 1. The highest BCUT2D eigenvalue weighted by Crippen LogP contribution is 2.36. The van der Waals surface area contributed by atoms with E-state index in [-0.39, 0.29) is 17.7 Å². The Morgan fingerprint density at radius 2 is 1.87 bits per heavy atom. The third kappa shape index (κ3) is 3.82. The lowest BCUT2D eigenvalue weighted by Crippen LogP contribution is -2.06. The molecular formula is C23H20FN3O3. The number of carbonyl (C=O) groups is 1. The molecule has 0 saturated carbocycles. The Bertz CT molecular complexity index is 1190. The zero-order valence-corrected chi connectivity index (χ0v) is 16.3. The van der Waals surface area contributed by atoms with Crippen LogP contribution in [0.3, 0.4) is 0 Å². The molecule has 6 nitrogen and oxygen atoms in total. The first-order valence-corrected chi connectivity index (χ1v) is 9.51. The molecule has 2 aromatic heterocycles. The van der Waals surface area contributed by atoms with E-state index < -0.39 is 0 Å². The molecule has 0 amide bonds. The van der Waals surface area contributed by atoms with Gasteiger partial charge in [0.25, 0.3) is 0 Å². The van der Waals surface area contributed by atoms with Crippen molar-refractivity contribution in [1.29, 1.82) is 0 Å². The highest BCUT2D eigenvalue weighted by Gasteiger charge is 2.18. The van der Waals surface area contributed by atoms with Crippen molar-refractivity contribution in [2.75, 3.05) is 11.9 Å². The summed E-state index contributed by atoms with van der Waals surface area (Å²) in [6.45, 7) is 2.39. The summed E-state index contributed by atoms with van der Waals surface area (Å²) in [6.07, 6.45) is 1.65. The Hall–Kier alpha value is -3.87. The summed E-state index contributed by atoms with van der Waals surface area (Å²) < 4.78 is 20.0. The Morgan fingerprint density at radius 3 is 2.57 bits per heavy atom. The van der Waals surface area contributed by atoms with E-state index in [0.717, 1.165) is 5.56 Å². The van der Waals surface area contributed by atoms with Crippen molar-refractivity contribution in [2.24, 2.45) is 0 Å². The number of halogens is 1. The first-order valence-electron chi connectivity index (χ1n) is 9.51. The van der Waals surface area contributed by atoms with Crippen molar-refractivity contribution in [1.82, 2.24) is 9.55 Å². The third-order valence-corrected chi connectivity index (χ3v) is 4.71. The van der Waals surface area contributed by atoms with Gasteiger partial charge in [0.1, 0.15) is 17.2 Å². The highest BCUT2D eigenvalue weighted by molar-refractivity contribution is 5.96. The molecule has 4 aromatic rings. The highest BCUT2D eigenvalue weighted by atomic mass is 19.1. The van der Waals surface area contributed by atoms with Gasteiger partial charge in [0.05, 0.1) is 24.1 Å². The van der Waals surface area contributed by atoms with Crippen LogP contribution in [-0.2, 0) is 11.3 Å². The fraction of sp³-hybridized carbons (Fsp3) is 0.130. The predicted octanol–water partition coefficient (Wildman–Crippen LogP) is 4.85. The van der Waals surface area contributed by atoms with Gasteiger partial charge in [-0.15, -0.1) is 0 Å². The van der Waals surface area contributed by atoms with Crippen molar-refractivity contribution in [2.45, 2.75) is 13.5 Å². The molecule has 0 aliphatic heterocycles. The van der Waals surface area contributed by atoms with Crippen LogP contribution in [0.5, 0.6) is 5.88 Å². The molecule has 0 atom stereocenters. The minimum Gasteiger partial charge on any atom is -0.494 e. The molecule has 0 saturated heterocycles. The van der Waals surface area contributed by atoms with Crippen molar-refractivity contribution < 1.29 is 19.0 Å². The van der Waals surface area contributed by atoms with Crippen molar-refractivity contribution in [3.8, 4) is 5.88 Å². The van der Waals surface area contributed by atoms with Crippen LogP contribution >= 0.6 is 0 Å². The monoisotopic (exact) mass is 405 g/mol. The van der Waals surface area contributed by atoms with Gasteiger partial charge < -0.3 is 15.2 Å². The molecule has 30 heavy (non-hydrogen) atoms. The van der Waals surface area contributed by atoms with Gasteiger partial charge in [-0.1, -0.05) is 12.1 Å². The molecule has 4 rings (SSSR count). The summed E-state index contributed by atoms with van der Waals surface area (Å²) in [5.41, 5.74) is 2.60. The summed E-state index contributed by atoms with van der Waals surface area (Å²) in [7, 11) is 0. The van der Waals surface area contributed by atoms with Crippen LogP contribution in [0.25, 0.3) is 10.9 Å². The Balaban J connectivity index is 1.70. The number of aromatic nitrogens is 2. The summed E-state index contributed by atoms with van der Waals surface area (Å²) in [5, 5.41) is 14.7. The van der Waals surface area contributed by atoms with Crippen molar-refractivity contribution in [3.63, 3.8) is 0 Å². The molecule has 2 N–H and O–H groups in total. The summed E-state index contributed by atoms with van der Waals surface area (Å²) in [6, 6.07) is 16.5. The van der Waals surface area contributed by atoms with E-state index in [9.17, 15) is 14.3 Å². The first-order chi connectivity index (χ1) is 14.6. The van der Waals surface area contributed by atoms with E-state index in [2.05, 4.69) is 10.3 Å². The predicted molar refractivity (Wildman–Crippen MR) is 113 cm³/mol. The molecule has 2 heterocycles. The maximum absolute atomic E-state index is 13.3. The fourth-order valence-electron chi connectivity index (χ4n) is 3.25. The average molecular weight is 405 g/mol. The first kappa shape index (κ1) is 19.4. The summed E-state index contributed by atoms with van der Waals surface area (Å²) in [4.78, 5) is 16.3. The fourth-order valence-corrected chi connectivity index (χ4v) is 3.25. The van der Waals surface area contributed by atoms with Gasteiger partial charge in [-0.3, -0.25) is 9.55 Å². The topological polar surface area (TPSA) is 76.4 Å². The van der Waals surface area contributed by atoms with Gasteiger partial charge in [-0.05, 0) is 61.0 Å². The second-order valence-electron chi connectivity index (χ2n) is 6.71. The number of fused-ring (bicyclic) bond motifs is 1. The lowest BCUT2D eigenvalue weighted by molar-refractivity contribution is 0.0526. The number of aromatic hydroxyl groups is 1. The van der Waals surface area contributed by atoms with Crippen LogP contribution in [0.1, 0.15) is 22.8 Å². The molecule has 0 fully saturated rings. The van der Waals surface area contributed by atoms with E-state index in [1.165, 1.54) is 12.1 Å².